The minimum absolute atomic E-state index is 0.0936. The second-order valence-corrected chi connectivity index (χ2v) is 9.33. The summed E-state index contributed by atoms with van der Waals surface area (Å²) >= 11 is 0. The molecule has 0 bridgehead atoms. The molecular formula is C23H27N11O3. The van der Waals surface area contributed by atoms with E-state index in [4.69, 9.17) is 15.3 Å². The van der Waals surface area contributed by atoms with Crippen LogP contribution in [0.5, 0.6) is 0 Å². The summed E-state index contributed by atoms with van der Waals surface area (Å²) in [6.07, 6.45) is 6.48. The van der Waals surface area contributed by atoms with Crippen molar-refractivity contribution in [2.45, 2.75) is 12.8 Å². The number of carboxylic acid groups (broad SMARTS) is 1. The number of carbonyl (C=O) groups is 1. The first-order valence-electron chi connectivity index (χ1n) is 12.3. The molecule has 0 aliphatic carbocycles. The van der Waals surface area contributed by atoms with Gasteiger partial charge in [0.15, 0.2) is 5.76 Å². The van der Waals surface area contributed by atoms with Crippen LogP contribution in [0.25, 0.3) is 17.4 Å². The van der Waals surface area contributed by atoms with Crippen molar-refractivity contribution >= 4 is 29.6 Å². The Morgan fingerprint density at radius 1 is 1.05 bits per heavy atom. The minimum atomic E-state index is -1.02. The van der Waals surface area contributed by atoms with Crippen molar-refractivity contribution in [2.75, 3.05) is 61.3 Å². The van der Waals surface area contributed by atoms with Crippen LogP contribution >= 0.6 is 0 Å². The number of nitrogens with zero attached hydrogens (tertiary/aromatic N) is 10. The molecule has 2 aliphatic rings. The van der Waals surface area contributed by atoms with E-state index in [0.717, 1.165) is 58.7 Å². The summed E-state index contributed by atoms with van der Waals surface area (Å²) in [5.74, 6) is 2.19. The summed E-state index contributed by atoms with van der Waals surface area (Å²) in [4.78, 5) is 39.8. The predicted octanol–water partition coefficient (Wildman–Crippen LogP) is 0.888. The Labute approximate surface area is 211 Å². The zero-order chi connectivity index (χ0) is 25.4. The van der Waals surface area contributed by atoms with Gasteiger partial charge in [0.2, 0.25) is 23.7 Å². The number of anilines is 3. The SMILES string of the molecule is Nc1nc(N2CCC[C@@H](CN3CCN(c4ncc(C(=O)O)cn4)CC3)C2)nc2nc(-c3ccco3)nn12. The third kappa shape index (κ3) is 4.74. The Morgan fingerprint density at radius 2 is 1.86 bits per heavy atom. The molecule has 0 amide bonds. The van der Waals surface area contributed by atoms with Gasteiger partial charge in [-0.25, -0.2) is 14.8 Å². The Bertz CT molecular complexity index is 1380. The van der Waals surface area contributed by atoms with Crippen molar-refractivity contribution in [1.82, 2.24) is 39.4 Å². The first-order chi connectivity index (χ1) is 18.0. The number of aromatic nitrogens is 7. The topological polar surface area (TPSA) is 168 Å². The fourth-order valence-corrected chi connectivity index (χ4v) is 4.93. The number of fused-ring (bicyclic) bond motifs is 1. The van der Waals surface area contributed by atoms with E-state index in [9.17, 15) is 4.79 Å². The largest absolute Gasteiger partial charge is 0.478 e. The lowest BCUT2D eigenvalue weighted by Crippen LogP contribution is -2.50. The molecule has 1 atom stereocenters. The zero-order valence-electron chi connectivity index (χ0n) is 20.1. The second kappa shape index (κ2) is 9.61. The van der Waals surface area contributed by atoms with Gasteiger partial charge >= 0.3 is 5.97 Å². The van der Waals surface area contributed by atoms with Crippen LogP contribution in [0.3, 0.4) is 0 Å². The number of hydrogen-bond acceptors (Lipinski definition) is 12. The van der Waals surface area contributed by atoms with Crippen LogP contribution in [0.15, 0.2) is 35.2 Å². The molecule has 14 heteroatoms. The van der Waals surface area contributed by atoms with Gasteiger partial charge in [-0.1, -0.05) is 0 Å². The van der Waals surface area contributed by atoms with Gasteiger partial charge in [-0.05, 0) is 30.9 Å². The van der Waals surface area contributed by atoms with E-state index < -0.39 is 5.97 Å². The molecule has 2 fully saturated rings. The molecule has 4 aromatic rings. The van der Waals surface area contributed by atoms with Crippen LogP contribution in [0.4, 0.5) is 17.8 Å². The van der Waals surface area contributed by atoms with Gasteiger partial charge in [0.1, 0.15) is 0 Å². The minimum Gasteiger partial charge on any atom is -0.478 e. The van der Waals surface area contributed by atoms with E-state index >= 15 is 0 Å². The summed E-state index contributed by atoms with van der Waals surface area (Å²) in [6.45, 7) is 6.07. The molecule has 192 valence electrons. The molecular weight excluding hydrogens is 478 g/mol. The first kappa shape index (κ1) is 23.1. The Morgan fingerprint density at radius 3 is 2.59 bits per heavy atom. The third-order valence-electron chi connectivity index (χ3n) is 6.82. The highest BCUT2D eigenvalue weighted by atomic mass is 16.4. The molecule has 4 aromatic heterocycles. The van der Waals surface area contributed by atoms with E-state index in [-0.39, 0.29) is 11.5 Å². The monoisotopic (exact) mass is 505 g/mol. The van der Waals surface area contributed by atoms with E-state index in [0.29, 0.717) is 35.2 Å². The van der Waals surface area contributed by atoms with Gasteiger partial charge in [-0.3, -0.25) is 4.90 Å². The lowest BCUT2D eigenvalue weighted by atomic mass is 9.97. The number of rotatable bonds is 6. The van der Waals surface area contributed by atoms with Gasteiger partial charge in [0.25, 0.3) is 5.78 Å². The van der Waals surface area contributed by atoms with Crippen LogP contribution in [0, 0.1) is 5.92 Å². The van der Waals surface area contributed by atoms with Crippen LogP contribution in [0.2, 0.25) is 0 Å². The van der Waals surface area contributed by atoms with Crippen molar-refractivity contribution in [1.29, 1.82) is 0 Å². The van der Waals surface area contributed by atoms with Crippen LogP contribution < -0.4 is 15.5 Å². The number of aromatic carboxylic acids is 1. The number of nitrogens with two attached hydrogens (primary N) is 1. The average molecular weight is 506 g/mol. The molecule has 0 unspecified atom stereocenters. The van der Waals surface area contributed by atoms with Gasteiger partial charge in [-0.2, -0.15) is 19.5 Å². The van der Waals surface area contributed by atoms with Crippen LogP contribution in [-0.2, 0) is 0 Å². The lowest BCUT2D eigenvalue weighted by Gasteiger charge is -2.39. The highest BCUT2D eigenvalue weighted by Gasteiger charge is 2.27. The number of piperidine rings is 1. The van der Waals surface area contributed by atoms with E-state index in [2.05, 4.69) is 44.7 Å². The lowest BCUT2D eigenvalue weighted by molar-refractivity contribution is 0.0696. The smallest absolute Gasteiger partial charge is 0.338 e. The molecule has 0 saturated carbocycles. The molecule has 14 nitrogen and oxygen atoms in total. The molecule has 3 N–H and O–H groups in total. The van der Waals surface area contributed by atoms with Crippen LogP contribution in [-0.4, -0.2) is 96.3 Å². The zero-order valence-corrected chi connectivity index (χ0v) is 20.1. The number of piperazine rings is 1. The summed E-state index contributed by atoms with van der Waals surface area (Å²) in [7, 11) is 0. The quantitative estimate of drug-likeness (QED) is 0.379. The summed E-state index contributed by atoms with van der Waals surface area (Å²) in [6, 6.07) is 3.57. The molecule has 0 aromatic carbocycles. The van der Waals surface area contributed by atoms with Crippen molar-refractivity contribution < 1.29 is 14.3 Å². The van der Waals surface area contributed by atoms with Crippen molar-refractivity contribution in [2.24, 2.45) is 5.92 Å². The summed E-state index contributed by atoms with van der Waals surface area (Å²) < 4.78 is 6.82. The normalized spacial score (nSPS) is 19.0. The maximum absolute atomic E-state index is 11.0. The highest BCUT2D eigenvalue weighted by molar-refractivity contribution is 5.86. The summed E-state index contributed by atoms with van der Waals surface area (Å²) in [5, 5.41) is 13.4. The van der Waals surface area contributed by atoms with Gasteiger partial charge in [-0.15, -0.1) is 5.10 Å². The maximum atomic E-state index is 11.0. The number of nitrogen functional groups attached to an aromatic ring is 1. The average Bonchev–Trinajstić information content (AvgIpc) is 3.60. The predicted molar refractivity (Wildman–Crippen MR) is 133 cm³/mol. The van der Waals surface area contributed by atoms with E-state index in [1.165, 1.54) is 16.9 Å². The Balaban J connectivity index is 1.08. The van der Waals surface area contributed by atoms with Gasteiger partial charge in [0, 0.05) is 58.2 Å². The molecule has 37 heavy (non-hydrogen) atoms. The van der Waals surface area contributed by atoms with Gasteiger partial charge < -0.3 is 25.1 Å². The maximum Gasteiger partial charge on any atom is 0.338 e. The van der Waals surface area contributed by atoms with Crippen LogP contribution in [0.1, 0.15) is 23.2 Å². The highest BCUT2D eigenvalue weighted by Crippen LogP contribution is 2.24. The number of hydrogen-bond donors (Lipinski definition) is 2. The second-order valence-electron chi connectivity index (χ2n) is 9.33. The Hall–Kier alpha value is -4.33. The van der Waals surface area contributed by atoms with Crippen molar-refractivity contribution in [3.63, 3.8) is 0 Å². The van der Waals surface area contributed by atoms with Crippen molar-refractivity contribution in [3.8, 4) is 11.6 Å². The van der Waals surface area contributed by atoms with E-state index in [1.807, 2.05) is 0 Å². The number of furan rings is 1. The fraction of sp³-hybridized carbons (Fsp3) is 0.435. The molecule has 0 radical (unpaired) electrons. The molecule has 2 saturated heterocycles. The molecule has 2 aliphatic heterocycles. The Kier molecular flexibility index (Phi) is 6.00. The van der Waals surface area contributed by atoms with Crippen molar-refractivity contribution in [3.05, 3.63) is 36.4 Å². The molecule has 6 rings (SSSR count). The summed E-state index contributed by atoms with van der Waals surface area (Å²) in [5.41, 5.74) is 6.29. The van der Waals surface area contributed by atoms with E-state index in [1.54, 1.807) is 18.4 Å². The van der Waals surface area contributed by atoms with Gasteiger partial charge in [0.05, 0.1) is 11.8 Å². The molecule has 6 heterocycles. The third-order valence-corrected chi connectivity index (χ3v) is 6.82. The standard InChI is InChI=1S/C23H27N11O3/c24-20-28-22(29-23-27-18(30-34(20)23)17-4-2-10-37-17)33-5-1-3-15(14-33)13-31-6-8-32(9-7-31)21-25-11-16(12-26-21)19(35)36/h2,4,10-12,15H,1,3,5-9,13-14H2,(H,35,36)(H2,24,27,28,29,30)/t15-/m0/s1. The molecule has 0 spiro atoms. The fourth-order valence-electron chi connectivity index (χ4n) is 4.93. The number of carboxylic acids is 1. The first-order valence-corrected chi connectivity index (χ1v) is 12.3.